The highest BCUT2D eigenvalue weighted by Crippen LogP contribution is 2.34. The van der Waals surface area contributed by atoms with Crippen LogP contribution >= 0.6 is 15.9 Å². The number of aromatic hydroxyl groups is 1. The molecule has 3 N–H and O–H groups in total. The van der Waals surface area contributed by atoms with Crippen molar-refractivity contribution in [2.45, 2.75) is 26.8 Å². The molecule has 0 heterocycles. The summed E-state index contributed by atoms with van der Waals surface area (Å²) in [6.45, 7) is 5.68. The highest BCUT2D eigenvalue weighted by atomic mass is 79.9. The molecule has 1 atom stereocenters. The zero-order chi connectivity index (χ0) is 10.2. The molecule has 1 aromatic rings. The molecule has 0 fully saturated rings. The van der Waals surface area contributed by atoms with E-state index in [1.165, 1.54) is 0 Å². The van der Waals surface area contributed by atoms with E-state index in [4.69, 9.17) is 5.73 Å². The predicted molar refractivity (Wildman–Crippen MR) is 57.9 cm³/mol. The van der Waals surface area contributed by atoms with E-state index < -0.39 is 0 Å². The minimum absolute atomic E-state index is 0.142. The summed E-state index contributed by atoms with van der Waals surface area (Å²) >= 11 is 3.43. The van der Waals surface area contributed by atoms with E-state index in [9.17, 15) is 5.11 Å². The molecule has 2 nitrogen and oxygen atoms in total. The first kappa shape index (κ1) is 10.5. The minimum atomic E-state index is -0.142. The number of hydrogen-bond acceptors (Lipinski definition) is 2. The van der Waals surface area contributed by atoms with E-state index in [2.05, 4.69) is 15.9 Å². The molecule has 0 amide bonds. The molecule has 0 aliphatic rings. The van der Waals surface area contributed by atoms with Gasteiger partial charge in [0.15, 0.2) is 0 Å². The predicted octanol–water partition coefficient (Wildman–Crippen LogP) is 2.79. The maximum absolute atomic E-state index is 9.77. The van der Waals surface area contributed by atoms with Crippen LogP contribution in [-0.2, 0) is 0 Å². The Bertz CT molecular complexity index is 308. The SMILES string of the molecule is Cc1cc(Br)c(C)c([C@H](C)N)c1O. The average Bonchev–Trinajstić information content (AvgIpc) is 2.01. The molecule has 0 saturated heterocycles. The lowest BCUT2D eigenvalue weighted by atomic mass is 9.99. The molecule has 3 heteroatoms. The first-order chi connectivity index (χ1) is 5.95. The molecule has 0 spiro atoms. The highest BCUT2D eigenvalue weighted by Gasteiger charge is 2.14. The molecule has 72 valence electrons. The van der Waals surface area contributed by atoms with Crippen molar-refractivity contribution in [3.05, 3.63) is 27.2 Å². The summed E-state index contributed by atoms with van der Waals surface area (Å²) in [5, 5.41) is 9.77. The molecular weight excluding hydrogens is 230 g/mol. The fourth-order valence-electron chi connectivity index (χ4n) is 1.44. The summed E-state index contributed by atoms with van der Waals surface area (Å²) in [7, 11) is 0. The van der Waals surface area contributed by atoms with E-state index >= 15 is 0 Å². The lowest BCUT2D eigenvalue weighted by Crippen LogP contribution is -2.08. The maximum Gasteiger partial charge on any atom is 0.123 e. The van der Waals surface area contributed by atoms with Crippen molar-refractivity contribution in [3.63, 3.8) is 0 Å². The molecule has 1 aromatic carbocycles. The second kappa shape index (κ2) is 3.68. The van der Waals surface area contributed by atoms with Gasteiger partial charge in [0.2, 0.25) is 0 Å². The summed E-state index contributed by atoms with van der Waals surface area (Å²) in [5.74, 6) is 0.315. The van der Waals surface area contributed by atoms with Crippen LogP contribution in [0, 0.1) is 13.8 Å². The van der Waals surface area contributed by atoms with E-state index in [0.29, 0.717) is 5.75 Å². The van der Waals surface area contributed by atoms with Crippen LogP contribution in [0.25, 0.3) is 0 Å². The second-order valence-electron chi connectivity index (χ2n) is 3.35. The van der Waals surface area contributed by atoms with Crippen LogP contribution in [0.3, 0.4) is 0 Å². The Balaban J connectivity index is 3.46. The number of phenols is 1. The topological polar surface area (TPSA) is 46.2 Å². The molecule has 0 aliphatic heterocycles. The Kier molecular flexibility index (Phi) is 2.98. The van der Waals surface area contributed by atoms with E-state index in [-0.39, 0.29) is 6.04 Å². The third-order valence-electron chi connectivity index (χ3n) is 2.19. The van der Waals surface area contributed by atoms with Crippen molar-refractivity contribution >= 4 is 15.9 Å². The quantitative estimate of drug-likeness (QED) is 0.797. The van der Waals surface area contributed by atoms with Gasteiger partial charge < -0.3 is 10.8 Å². The van der Waals surface area contributed by atoms with Gasteiger partial charge in [0, 0.05) is 16.1 Å². The fraction of sp³-hybridized carbons (Fsp3) is 0.400. The molecule has 0 radical (unpaired) electrons. The number of halogens is 1. The van der Waals surface area contributed by atoms with E-state index in [1.807, 2.05) is 26.8 Å². The normalized spacial score (nSPS) is 13.0. The van der Waals surface area contributed by atoms with Gasteiger partial charge in [-0.1, -0.05) is 15.9 Å². The van der Waals surface area contributed by atoms with Crippen molar-refractivity contribution < 1.29 is 5.11 Å². The number of rotatable bonds is 1. The molecule has 13 heavy (non-hydrogen) atoms. The third kappa shape index (κ3) is 1.86. The van der Waals surface area contributed by atoms with Crippen LogP contribution in [0.4, 0.5) is 0 Å². The Morgan fingerprint density at radius 1 is 1.46 bits per heavy atom. The molecule has 1 rings (SSSR count). The maximum atomic E-state index is 9.77. The van der Waals surface area contributed by atoms with Crippen LogP contribution in [0.15, 0.2) is 10.5 Å². The third-order valence-corrected chi connectivity index (χ3v) is 3.01. The van der Waals surface area contributed by atoms with Crippen molar-refractivity contribution in [1.82, 2.24) is 0 Å². The Morgan fingerprint density at radius 2 is 2.00 bits per heavy atom. The smallest absolute Gasteiger partial charge is 0.123 e. The van der Waals surface area contributed by atoms with Crippen LogP contribution < -0.4 is 5.73 Å². The van der Waals surface area contributed by atoms with Gasteiger partial charge in [-0.2, -0.15) is 0 Å². The fourth-order valence-corrected chi connectivity index (χ4v) is 2.00. The van der Waals surface area contributed by atoms with E-state index in [1.54, 1.807) is 0 Å². The van der Waals surface area contributed by atoms with Gasteiger partial charge in [-0.3, -0.25) is 0 Å². The van der Waals surface area contributed by atoms with Gasteiger partial charge in [0.1, 0.15) is 5.75 Å². The molecule has 0 saturated carbocycles. The standard InChI is InChI=1S/C10H14BrNO/c1-5-4-8(11)6(2)9(7(3)12)10(5)13/h4,7,13H,12H2,1-3H3/t7-/m0/s1. The first-order valence-corrected chi connectivity index (χ1v) is 4.98. The average molecular weight is 244 g/mol. The number of benzene rings is 1. The zero-order valence-corrected chi connectivity index (χ0v) is 9.64. The lowest BCUT2D eigenvalue weighted by molar-refractivity contribution is 0.458. The monoisotopic (exact) mass is 243 g/mol. The summed E-state index contributed by atoms with van der Waals surface area (Å²) in [4.78, 5) is 0. The molecule has 0 aliphatic carbocycles. The summed E-state index contributed by atoms with van der Waals surface area (Å²) in [6, 6.07) is 1.76. The largest absolute Gasteiger partial charge is 0.507 e. The van der Waals surface area contributed by atoms with Crippen molar-refractivity contribution in [3.8, 4) is 5.75 Å². The lowest BCUT2D eigenvalue weighted by Gasteiger charge is -2.15. The summed E-state index contributed by atoms with van der Waals surface area (Å²) < 4.78 is 0.995. The Morgan fingerprint density at radius 3 is 2.46 bits per heavy atom. The van der Waals surface area contributed by atoms with Gasteiger partial charge in [-0.25, -0.2) is 0 Å². The van der Waals surface area contributed by atoms with Gasteiger partial charge in [-0.15, -0.1) is 0 Å². The van der Waals surface area contributed by atoms with Gasteiger partial charge in [-0.05, 0) is 38.0 Å². The van der Waals surface area contributed by atoms with Crippen LogP contribution in [0.5, 0.6) is 5.75 Å². The first-order valence-electron chi connectivity index (χ1n) is 4.19. The van der Waals surface area contributed by atoms with E-state index in [0.717, 1.165) is 21.2 Å². The Hall–Kier alpha value is -0.540. The molecule has 0 bridgehead atoms. The number of aryl methyl sites for hydroxylation is 1. The molecule has 0 unspecified atom stereocenters. The van der Waals surface area contributed by atoms with Crippen molar-refractivity contribution in [1.29, 1.82) is 0 Å². The second-order valence-corrected chi connectivity index (χ2v) is 4.21. The zero-order valence-electron chi connectivity index (χ0n) is 8.06. The minimum Gasteiger partial charge on any atom is -0.507 e. The Labute approximate surface area is 86.9 Å². The van der Waals surface area contributed by atoms with Gasteiger partial charge in [0.05, 0.1) is 0 Å². The molecular formula is C10H14BrNO. The summed E-state index contributed by atoms with van der Waals surface area (Å²) in [5.41, 5.74) is 8.46. The number of hydrogen-bond donors (Lipinski definition) is 2. The van der Waals surface area contributed by atoms with Crippen LogP contribution in [-0.4, -0.2) is 5.11 Å². The summed E-state index contributed by atoms with van der Waals surface area (Å²) in [6.07, 6.45) is 0. The number of nitrogens with two attached hydrogens (primary N) is 1. The number of phenolic OH excluding ortho intramolecular Hbond substituents is 1. The van der Waals surface area contributed by atoms with Gasteiger partial charge in [0.25, 0.3) is 0 Å². The highest BCUT2D eigenvalue weighted by molar-refractivity contribution is 9.10. The van der Waals surface area contributed by atoms with Crippen LogP contribution in [0.1, 0.15) is 29.7 Å². The van der Waals surface area contributed by atoms with Gasteiger partial charge >= 0.3 is 0 Å². The molecule has 0 aromatic heterocycles. The van der Waals surface area contributed by atoms with Crippen molar-refractivity contribution in [2.24, 2.45) is 5.73 Å². The van der Waals surface area contributed by atoms with Crippen molar-refractivity contribution in [2.75, 3.05) is 0 Å². The van der Waals surface area contributed by atoms with Crippen LogP contribution in [0.2, 0.25) is 0 Å².